The minimum atomic E-state index is -5.29. The average molecular weight is 447 g/mol. The van der Waals surface area contributed by atoms with Crippen molar-refractivity contribution in [3.05, 3.63) is 24.3 Å². The Labute approximate surface area is 168 Å². The smallest absolute Gasteiger partial charge is 0.463 e. The van der Waals surface area contributed by atoms with Crippen LogP contribution in [0.3, 0.4) is 0 Å². The van der Waals surface area contributed by atoms with Crippen LogP contribution in [0.4, 0.5) is 27.6 Å². The van der Waals surface area contributed by atoms with Gasteiger partial charge >= 0.3 is 23.4 Å². The maximum Gasteiger partial charge on any atom is 0.487 e. The van der Waals surface area contributed by atoms with E-state index in [9.17, 15) is 31.5 Å². The summed E-state index contributed by atoms with van der Waals surface area (Å²) < 4.78 is 75.6. The Morgan fingerprint density at radius 2 is 1.66 bits per heavy atom. The normalized spacial score (nSPS) is 13.9. The van der Waals surface area contributed by atoms with Crippen LogP contribution in [0.25, 0.3) is 0 Å². The Hall–Kier alpha value is -2.30. The summed E-state index contributed by atoms with van der Waals surface area (Å²) in [5.41, 5.74) is -7.91. The van der Waals surface area contributed by atoms with E-state index in [0.717, 1.165) is 24.3 Å². The van der Waals surface area contributed by atoms with Crippen molar-refractivity contribution < 1.29 is 41.0 Å². The molecule has 164 valence electrons. The molecule has 29 heavy (non-hydrogen) atoms. The van der Waals surface area contributed by atoms with Gasteiger partial charge in [0.05, 0.1) is 6.61 Å². The first kappa shape index (κ1) is 24.7. The highest BCUT2D eigenvalue weighted by Crippen LogP contribution is 2.34. The predicted octanol–water partition coefficient (Wildman–Crippen LogP) is 4.39. The molecule has 0 aliphatic heterocycles. The molecule has 0 fully saturated rings. The van der Waals surface area contributed by atoms with Gasteiger partial charge in [0.25, 0.3) is 0 Å². The Balaban J connectivity index is 3.24. The second kappa shape index (κ2) is 9.95. The van der Waals surface area contributed by atoms with Crippen molar-refractivity contribution in [2.75, 3.05) is 11.9 Å². The minimum Gasteiger partial charge on any atom is -0.463 e. The number of ether oxygens (including phenoxy) is 2. The van der Waals surface area contributed by atoms with Crippen molar-refractivity contribution >= 4 is 29.2 Å². The molecular formula is C17H20ClF5N2O4. The van der Waals surface area contributed by atoms with Gasteiger partial charge in [0.15, 0.2) is 0 Å². The summed E-state index contributed by atoms with van der Waals surface area (Å²) >= 11 is 4.62. The number of anilines is 1. The summed E-state index contributed by atoms with van der Waals surface area (Å²) in [6.07, 6.45) is -4.68. The third-order valence-corrected chi connectivity index (χ3v) is 3.59. The number of alkyl halides is 6. The fourth-order valence-corrected chi connectivity index (χ4v) is 2.28. The van der Waals surface area contributed by atoms with Gasteiger partial charge in [0.1, 0.15) is 5.75 Å². The molecule has 1 rings (SSSR count). The first-order valence-corrected chi connectivity index (χ1v) is 8.91. The van der Waals surface area contributed by atoms with Crippen LogP contribution in [0.2, 0.25) is 0 Å². The van der Waals surface area contributed by atoms with E-state index in [2.05, 4.69) is 21.1 Å². The van der Waals surface area contributed by atoms with E-state index >= 15 is 0 Å². The molecule has 0 aliphatic rings. The molecule has 1 aromatic carbocycles. The molecule has 0 spiro atoms. The van der Waals surface area contributed by atoms with Crippen LogP contribution in [0, 0.1) is 0 Å². The van der Waals surface area contributed by atoms with Crippen molar-refractivity contribution in [3.8, 4) is 5.75 Å². The number of carbonyl (C=O) groups is 2. The van der Waals surface area contributed by atoms with E-state index in [4.69, 9.17) is 0 Å². The van der Waals surface area contributed by atoms with Gasteiger partial charge in [-0.05, 0) is 37.6 Å². The molecule has 0 aliphatic carbocycles. The second-order valence-corrected chi connectivity index (χ2v) is 6.26. The lowest BCUT2D eigenvalue weighted by Gasteiger charge is -2.35. The third kappa shape index (κ3) is 7.22. The first-order chi connectivity index (χ1) is 13.3. The van der Waals surface area contributed by atoms with Gasteiger partial charge in [0, 0.05) is 23.7 Å². The van der Waals surface area contributed by atoms with Gasteiger partial charge in [-0.3, -0.25) is 4.79 Å². The Kier molecular flexibility index (Phi) is 8.49. The number of esters is 1. The summed E-state index contributed by atoms with van der Waals surface area (Å²) in [5.74, 6) is -3.23. The van der Waals surface area contributed by atoms with Crippen molar-refractivity contribution in [3.63, 3.8) is 0 Å². The largest absolute Gasteiger partial charge is 0.487 e. The zero-order valence-electron chi connectivity index (χ0n) is 15.5. The molecule has 1 amide bonds. The number of benzene rings is 1. The predicted molar refractivity (Wildman–Crippen MR) is 94.6 cm³/mol. The van der Waals surface area contributed by atoms with Crippen LogP contribution < -0.4 is 15.4 Å². The van der Waals surface area contributed by atoms with E-state index in [1.165, 1.54) is 6.92 Å². The van der Waals surface area contributed by atoms with Gasteiger partial charge in [-0.15, -0.1) is 8.78 Å². The number of hydrogen-bond donors (Lipinski definition) is 2. The maximum atomic E-state index is 13.9. The summed E-state index contributed by atoms with van der Waals surface area (Å²) in [5, 5.41) is 3.58. The summed E-state index contributed by atoms with van der Waals surface area (Å²) in [7, 11) is 0. The van der Waals surface area contributed by atoms with Crippen LogP contribution in [-0.4, -0.2) is 35.9 Å². The quantitative estimate of drug-likeness (QED) is 0.241. The van der Waals surface area contributed by atoms with Gasteiger partial charge in [0.2, 0.25) is 5.91 Å². The summed E-state index contributed by atoms with van der Waals surface area (Å²) in [6, 6.07) is 3.69. The maximum absolute atomic E-state index is 13.9. The molecule has 0 heterocycles. The fourth-order valence-electron chi connectivity index (χ4n) is 2.20. The molecule has 12 heteroatoms. The van der Waals surface area contributed by atoms with E-state index in [1.54, 1.807) is 12.2 Å². The van der Waals surface area contributed by atoms with Gasteiger partial charge in [-0.2, -0.15) is 13.2 Å². The molecule has 2 N–H and O–H groups in total. The molecule has 0 unspecified atom stereocenters. The Bertz CT molecular complexity index is 695. The van der Waals surface area contributed by atoms with Crippen LogP contribution >= 0.6 is 11.6 Å². The number of halogens is 6. The van der Waals surface area contributed by atoms with E-state index in [0.29, 0.717) is 12.8 Å². The molecular weight excluding hydrogens is 427 g/mol. The highest BCUT2D eigenvalue weighted by atomic mass is 35.5. The summed E-state index contributed by atoms with van der Waals surface area (Å²) in [4.78, 5) is 24.2. The zero-order valence-corrected chi connectivity index (χ0v) is 16.3. The Morgan fingerprint density at radius 1 is 1.07 bits per heavy atom. The van der Waals surface area contributed by atoms with Crippen molar-refractivity contribution in [2.45, 2.75) is 50.5 Å². The summed E-state index contributed by atoms with van der Waals surface area (Å²) in [6.45, 7) is 2.67. The van der Waals surface area contributed by atoms with Crippen molar-refractivity contribution in [1.82, 2.24) is 5.32 Å². The molecule has 1 atom stereocenters. The van der Waals surface area contributed by atoms with E-state index < -0.39 is 35.0 Å². The molecule has 6 nitrogen and oxygen atoms in total. The lowest BCUT2D eigenvalue weighted by molar-refractivity contribution is -0.207. The molecule has 0 aromatic heterocycles. The van der Waals surface area contributed by atoms with Crippen LogP contribution in [-0.2, 0) is 14.3 Å². The number of carbonyl (C=O) groups excluding carboxylic acids is 2. The molecule has 0 saturated heterocycles. The molecule has 0 bridgehead atoms. The monoisotopic (exact) mass is 446 g/mol. The zero-order chi connectivity index (χ0) is 22.3. The Morgan fingerprint density at radius 3 is 2.10 bits per heavy atom. The molecule has 1 aromatic rings. The molecule has 0 saturated carbocycles. The average Bonchev–Trinajstić information content (AvgIpc) is 2.58. The van der Waals surface area contributed by atoms with Crippen LogP contribution in [0.5, 0.6) is 5.75 Å². The van der Waals surface area contributed by atoms with E-state index in [1.807, 2.05) is 5.32 Å². The third-order valence-electron chi connectivity index (χ3n) is 3.51. The number of rotatable bonds is 10. The number of unbranched alkanes of at least 4 members (excludes halogenated alkanes) is 1. The van der Waals surface area contributed by atoms with Gasteiger partial charge in [-0.1, -0.05) is 13.3 Å². The van der Waals surface area contributed by atoms with Crippen LogP contribution in [0.1, 0.15) is 33.1 Å². The van der Waals surface area contributed by atoms with Gasteiger partial charge < -0.3 is 20.1 Å². The van der Waals surface area contributed by atoms with Crippen molar-refractivity contribution in [1.29, 1.82) is 0 Å². The van der Waals surface area contributed by atoms with Gasteiger partial charge in [-0.25, -0.2) is 4.79 Å². The topological polar surface area (TPSA) is 76.7 Å². The highest BCUT2D eigenvalue weighted by molar-refractivity contribution is 6.20. The lowest BCUT2D eigenvalue weighted by atomic mass is 10.1. The van der Waals surface area contributed by atoms with E-state index in [-0.39, 0.29) is 18.7 Å². The number of amides is 1. The minimum absolute atomic E-state index is 0.243. The fraction of sp³-hybridized carbons (Fsp3) is 0.529. The number of nitrogens with one attached hydrogen (secondary N) is 2. The van der Waals surface area contributed by atoms with Crippen molar-refractivity contribution in [2.24, 2.45) is 0 Å². The second-order valence-electron chi connectivity index (χ2n) is 5.82. The van der Waals surface area contributed by atoms with Crippen LogP contribution in [0.15, 0.2) is 24.3 Å². The number of hydrogen-bond acceptors (Lipinski definition) is 5. The highest BCUT2D eigenvalue weighted by Gasteiger charge is 2.63. The first-order valence-electron chi connectivity index (χ1n) is 8.53. The molecule has 0 radical (unpaired) electrons. The SMILES string of the molecule is CCCCC(=O)N[C@](Nc1ccc(OC(F)(F)Cl)cc1)(C(=O)OCC)C(F)(F)F. The standard InChI is InChI=1S/C17H20ClF5N2O4/c1-3-5-6-13(26)25-15(16(19,20)21,14(27)28-4-2)24-11-7-9-12(10-8-11)29-17(18,22)23/h7-10,24H,3-6H2,1-2H3,(H,25,26)/t15-/m1/s1. The lowest BCUT2D eigenvalue weighted by Crippen LogP contribution is -2.69.